The first-order valence-corrected chi connectivity index (χ1v) is 8.09. The lowest BCUT2D eigenvalue weighted by molar-refractivity contribution is 0.0752. The molecule has 8 heteroatoms. The van der Waals surface area contributed by atoms with Crippen LogP contribution in [0.1, 0.15) is 24.2 Å². The molecular formula is C14H16F2N2O3S. The van der Waals surface area contributed by atoms with Crippen molar-refractivity contribution < 1.29 is 22.0 Å². The molecule has 5 nitrogen and oxygen atoms in total. The lowest BCUT2D eigenvalue weighted by Crippen LogP contribution is -2.34. The summed E-state index contributed by atoms with van der Waals surface area (Å²) in [6.45, 7) is 4.04. The average molecular weight is 330 g/mol. The van der Waals surface area contributed by atoms with Crippen molar-refractivity contribution in [2.75, 3.05) is 13.1 Å². The van der Waals surface area contributed by atoms with E-state index in [1.54, 1.807) is 13.8 Å². The zero-order chi connectivity index (χ0) is 16.9. The van der Waals surface area contributed by atoms with Gasteiger partial charge < -0.3 is 4.90 Å². The molecule has 22 heavy (non-hydrogen) atoms. The topological polar surface area (TPSA) is 78.2 Å². The van der Waals surface area contributed by atoms with Crippen molar-refractivity contribution in [3.8, 4) is 6.07 Å². The largest absolute Gasteiger partial charge is 0.341 e. The highest BCUT2D eigenvalue weighted by molar-refractivity contribution is 7.91. The van der Waals surface area contributed by atoms with E-state index in [2.05, 4.69) is 0 Å². The van der Waals surface area contributed by atoms with Crippen LogP contribution in [0.2, 0.25) is 0 Å². The van der Waals surface area contributed by atoms with Crippen molar-refractivity contribution >= 4 is 15.7 Å². The van der Waals surface area contributed by atoms with Crippen LogP contribution >= 0.6 is 0 Å². The van der Waals surface area contributed by atoms with Crippen LogP contribution in [0.15, 0.2) is 29.2 Å². The molecule has 1 aromatic carbocycles. The van der Waals surface area contributed by atoms with Gasteiger partial charge in [-0.1, -0.05) is 0 Å². The van der Waals surface area contributed by atoms with Gasteiger partial charge in [-0.05, 0) is 38.1 Å². The Morgan fingerprint density at radius 2 is 1.86 bits per heavy atom. The highest BCUT2D eigenvalue weighted by atomic mass is 32.2. The standard InChI is InChI=1S/C14H16F2N2O3S/c1-3-18(9-10(2)8-17)13(19)11-4-6-12(7-5-11)22(20,21)14(15)16/h4-7,10,14H,3,9H2,1-2H3. The van der Waals surface area contributed by atoms with Gasteiger partial charge in [-0.3, -0.25) is 4.79 Å². The van der Waals surface area contributed by atoms with Crippen molar-refractivity contribution in [3.05, 3.63) is 29.8 Å². The minimum Gasteiger partial charge on any atom is -0.338 e. The van der Waals surface area contributed by atoms with Gasteiger partial charge in [-0.2, -0.15) is 14.0 Å². The van der Waals surface area contributed by atoms with E-state index in [4.69, 9.17) is 5.26 Å². The molecule has 1 aromatic rings. The molecule has 120 valence electrons. The lowest BCUT2D eigenvalue weighted by Gasteiger charge is -2.22. The van der Waals surface area contributed by atoms with E-state index >= 15 is 0 Å². The van der Waals surface area contributed by atoms with Crippen LogP contribution in [0.25, 0.3) is 0 Å². The van der Waals surface area contributed by atoms with Crippen LogP contribution < -0.4 is 0 Å². The summed E-state index contributed by atoms with van der Waals surface area (Å²) in [5.74, 6) is -4.23. The van der Waals surface area contributed by atoms with Crippen molar-refractivity contribution in [2.45, 2.75) is 24.5 Å². The molecule has 0 aliphatic rings. The summed E-state index contributed by atoms with van der Waals surface area (Å²) in [7, 11) is -4.67. The summed E-state index contributed by atoms with van der Waals surface area (Å²) < 4.78 is 47.5. The van der Waals surface area contributed by atoms with E-state index in [1.807, 2.05) is 6.07 Å². The molecule has 0 spiro atoms. The maximum absolute atomic E-state index is 12.4. The van der Waals surface area contributed by atoms with E-state index in [9.17, 15) is 22.0 Å². The van der Waals surface area contributed by atoms with E-state index in [0.29, 0.717) is 6.54 Å². The zero-order valence-electron chi connectivity index (χ0n) is 12.2. The molecule has 0 bridgehead atoms. The molecule has 1 rings (SSSR count). The highest BCUT2D eigenvalue weighted by Crippen LogP contribution is 2.19. The fourth-order valence-corrected chi connectivity index (χ4v) is 2.52. The third-order valence-electron chi connectivity index (χ3n) is 3.05. The van der Waals surface area contributed by atoms with Crippen molar-refractivity contribution in [2.24, 2.45) is 5.92 Å². The van der Waals surface area contributed by atoms with Crippen molar-refractivity contribution in [1.29, 1.82) is 5.26 Å². The van der Waals surface area contributed by atoms with Crippen LogP contribution in [0, 0.1) is 17.2 Å². The van der Waals surface area contributed by atoms with Crippen LogP contribution in [0.3, 0.4) is 0 Å². The number of carbonyl (C=O) groups excluding carboxylic acids is 1. The van der Waals surface area contributed by atoms with E-state index in [1.165, 1.54) is 17.0 Å². The molecule has 0 N–H and O–H groups in total. The summed E-state index contributed by atoms with van der Waals surface area (Å²) in [5, 5.41) is 8.78. The number of hydrogen-bond donors (Lipinski definition) is 0. The SMILES string of the molecule is CCN(CC(C)C#N)C(=O)c1ccc(S(=O)(=O)C(F)F)cc1. The second-order valence-corrected chi connectivity index (χ2v) is 6.62. The molecule has 1 unspecified atom stereocenters. The van der Waals surface area contributed by atoms with Crippen LogP contribution in [-0.4, -0.2) is 38.1 Å². The van der Waals surface area contributed by atoms with Gasteiger partial charge in [-0.15, -0.1) is 0 Å². The third-order valence-corrected chi connectivity index (χ3v) is 4.45. The number of benzene rings is 1. The normalized spacial score (nSPS) is 12.7. The Labute approximate surface area is 128 Å². The third kappa shape index (κ3) is 4.01. The number of hydrogen-bond acceptors (Lipinski definition) is 4. The fourth-order valence-electron chi connectivity index (χ4n) is 1.80. The van der Waals surface area contributed by atoms with Gasteiger partial charge in [-0.25, -0.2) is 8.42 Å². The number of sulfone groups is 1. The predicted molar refractivity (Wildman–Crippen MR) is 76.0 cm³/mol. The van der Waals surface area contributed by atoms with Crippen molar-refractivity contribution in [3.63, 3.8) is 0 Å². The first-order valence-electron chi connectivity index (χ1n) is 6.55. The minimum atomic E-state index is -4.67. The second-order valence-electron chi connectivity index (χ2n) is 4.70. The Balaban J connectivity index is 2.99. The smallest absolute Gasteiger partial charge is 0.338 e. The molecule has 0 saturated carbocycles. The number of nitrogens with zero attached hydrogens (tertiary/aromatic N) is 2. The van der Waals surface area contributed by atoms with Gasteiger partial charge in [0, 0.05) is 18.7 Å². The number of nitriles is 1. The number of amides is 1. The molecule has 1 atom stereocenters. The molecule has 0 aromatic heterocycles. The summed E-state index contributed by atoms with van der Waals surface area (Å²) in [6, 6.07) is 6.37. The van der Waals surface area contributed by atoms with Crippen LogP contribution in [-0.2, 0) is 9.84 Å². The molecule has 1 amide bonds. The van der Waals surface area contributed by atoms with Crippen LogP contribution in [0.5, 0.6) is 0 Å². The molecule has 0 heterocycles. The van der Waals surface area contributed by atoms with E-state index in [0.717, 1.165) is 12.1 Å². The summed E-state index contributed by atoms with van der Waals surface area (Å²) in [5.41, 5.74) is 0.181. The molecule has 0 saturated heterocycles. The van der Waals surface area contributed by atoms with Gasteiger partial charge in [0.1, 0.15) is 0 Å². The van der Waals surface area contributed by atoms with Crippen molar-refractivity contribution in [1.82, 2.24) is 4.90 Å². The first kappa shape index (κ1) is 18.0. The molecule has 0 radical (unpaired) electrons. The lowest BCUT2D eigenvalue weighted by atomic mass is 10.1. The fraction of sp³-hybridized carbons (Fsp3) is 0.429. The predicted octanol–water partition coefficient (Wildman–Crippen LogP) is 2.30. The Morgan fingerprint density at radius 3 is 2.27 bits per heavy atom. The van der Waals surface area contributed by atoms with Gasteiger partial charge in [0.25, 0.3) is 5.91 Å². The number of rotatable bonds is 6. The monoisotopic (exact) mass is 330 g/mol. The Kier molecular flexibility index (Phi) is 6.00. The van der Waals surface area contributed by atoms with E-state index < -0.39 is 20.5 Å². The minimum absolute atomic E-state index is 0.181. The quantitative estimate of drug-likeness (QED) is 0.802. The van der Waals surface area contributed by atoms with E-state index in [-0.39, 0.29) is 23.9 Å². The Bertz CT molecular complexity index is 666. The maximum Gasteiger partial charge on any atom is 0.341 e. The first-order chi connectivity index (χ1) is 10.2. The molecule has 0 aliphatic heterocycles. The number of carbonyl (C=O) groups is 1. The maximum atomic E-state index is 12.4. The second kappa shape index (κ2) is 7.31. The Hall–Kier alpha value is -2.01. The highest BCUT2D eigenvalue weighted by Gasteiger charge is 2.26. The summed E-state index contributed by atoms with van der Waals surface area (Å²) in [4.78, 5) is 13.1. The van der Waals surface area contributed by atoms with Gasteiger partial charge in [0.15, 0.2) is 0 Å². The van der Waals surface area contributed by atoms with Gasteiger partial charge in [0.2, 0.25) is 9.84 Å². The average Bonchev–Trinajstić information content (AvgIpc) is 2.51. The molecule has 0 fully saturated rings. The number of alkyl halides is 2. The van der Waals surface area contributed by atoms with Gasteiger partial charge in [0.05, 0.1) is 16.9 Å². The molecular weight excluding hydrogens is 314 g/mol. The summed E-state index contributed by atoms with van der Waals surface area (Å²) in [6.07, 6.45) is 0. The van der Waals surface area contributed by atoms with Crippen LogP contribution in [0.4, 0.5) is 8.78 Å². The number of halogens is 2. The van der Waals surface area contributed by atoms with Gasteiger partial charge >= 0.3 is 5.76 Å². The zero-order valence-corrected chi connectivity index (χ0v) is 13.0. The summed E-state index contributed by atoms with van der Waals surface area (Å²) >= 11 is 0. The Morgan fingerprint density at radius 1 is 1.32 bits per heavy atom. The molecule has 0 aliphatic carbocycles.